The number of rotatable bonds is 3. The lowest BCUT2D eigenvalue weighted by Crippen LogP contribution is -2.53. The monoisotopic (exact) mass is 329 g/mol. The summed E-state index contributed by atoms with van der Waals surface area (Å²) >= 11 is 0. The van der Waals surface area contributed by atoms with E-state index in [-0.39, 0.29) is 12.4 Å². The van der Waals surface area contributed by atoms with Gasteiger partial charge in [0, 0.05) is 25.6 Å². The van der Waals surface area contributed by atoms with Gasteiger partial charge in [-0.2, -0.15) is 0 Å². The van der Waals surface area contributed by atoms with Crippen LogP contribution in [0.2, 0.25) is 0 Å². The predicted molar refractivity (Wildman–Crippen MR) is 92.4 cm³/mol. The Hall–Kier alpha value is -0.320. The van der Waals surface area contributed by atoms with Gasteiger partial charge in [-0.1, -0.05) is 0 Å². The number of fused-ring (bicyclic) bond motifs is 1. The quantitative estimate of drug-likeness (QED) is 0.861. The molecule has 0 aromatic carbocycles. The van der Waals surface area contributed by atoms with Crippen molar-refractivity contribution >= 4 is 18.3 Å². The van der Waals surface area contributed by atoms with Crippen molar-refractivity contribution in [2.24, 2.45) is 11.8 Å². The highest BCUT2D eigenvalue weighted by molar-refractivity contribution is 5.85. The van der Waals surface area contributed by atoms with E-state index in [2.05, 4.69) is 22.2 Å². The number of hydrogen-bond donors (Lipinski definition) is 1. The van der Waals surface area contributed by atoms with Crippen molar-refractivity contribution in [1.29, 1.82) is 0 Å². The SMILES string of the molecule is CN1CCCC2CN(C(=O)CCC3CCNCC3)CCC21.Cl. The lowest BCUT2D eigenvalue weighted by Gasteiger charge is -2.46. The van der Waals surface area contributed by atoms with Crippen LogP contribution < -0.4 is 5.32 Å². The molecule has 0 aromatic rings. The van der Waals surface area contributed by atoms with Crippen molar-refractivity contribution in [3.63, 3.8) is 0 Å². The second-order valence-corrected chi connectivity index (χ2v) is 7.31. The van der Waals surface area contributed by atoms with E-state index in [0.717, 1.165) is 56.9 Å². The van der Waals surface area contributed by atoms with Gasteiger partial charge in [0.05, 0.1) is 0 Å². The second-order valence-electron chi connectivity index (χ2n) is 7.31. The molecule has 3 rings (SSSR count). The Morgan fingerprint density at radius 1 is 1.14 bits per heavy atom. The summed E-state index contributed by atoms with van der Waals surface area (Å²) in [5.74, 6) is 1.91. The number of carbonyl (C=O) groups excluding carboxylic acids is 1. The summed E-state index contributed by atoms with van der Waals surface area (Å²) in [4.78, 5) is 17.2. The summed E-state index contributed by atoms with van der Waals surface area (Å²) in [5, 5.41) is 3.40. The average molecular weight is 330 g/mol. The molecule has 0 saturated carbocycles. The van der Waals surface area contributed by atoms with Crippen molar-refractivity contribution in [3.8, 4) is 0 Å². The first kappa shape index (κ1) is 18.0. The molecule has 3 aliphatic rings. The fourth-order valence-corrected chi connectivity index (χ4v) is 4.54. The maximum atomic E-state index is 12.5. The maximum absolute atomic E-state index is 12.5. The molecular formula is C17H32ClN3O. The predicted octanol–water partition coefficient (Wildman–Crippen LogP) is 2.13. The molecule has 3 saturated heterocycles. The van der Waals surface area contributed by atoms with Crippen LogP contribution in [0.3, 0.4) is 0 Å². The third kappa shape index (κ3) is 4.36. The molecule has 1 N–H and O–H groups in total. The summed E-state index contributed by atoms with van der Waals surface area (Å²) in [6.07, 6.45) is 8.18. The average Bonchev–Trinajstić information content (AvgIpc) is 2.53. The van der Waals surface area contributed by atoms with Crippen LogP contribution in [0.5, 0.6) is 0 Å². The molecule has 3 aliphatic heterocycles. The molecule has 3 fully saturated rings. The van der Waals surface area contributed by atoms with E-state index in [1.807, 2.05) is 0 Å². The van der Waals surface area contributed by atoms with Crippen molar-refractivity contribution in [3.05, 3.63) is 0 Å². The molecule has 0 bridgehead atoms. The molecule has 0 aromatic heterocycles. The molecule has 128 valence electrons. The minimum absolute atomic E-state index is 0. The molecule has 5 heteroatoms. The minimum Gasteiger partial charge on any atom is -0.342 e. The largest absolute Gasteiger partial charge is 0.342 e. The third-order valence-corrected chi connectivity index (χ3v) is 5.92. The van der Waals surface area contributed by atoms with E-state index in [1.165, 1.54) is 38.6 Å². The third-order valence-electron chi connectivity index (χ3n) is 5.92. The molecular weight excluding hydrogens is 298 g/mol. The Labute approximate surface area is 141 Å². The van der Waals surface area contributed by atoms with Gasteiger partial charge in [-0.3, -0.25) is 4.79 Å². The number of nitrogens with one attached hydrogen (secondary N) is 1. The van der Waals surface area contributed by atoms with Crippen LogP contribution in [-0.4, -0.2) is 61.5 Å². The van der Waals surface area contributed by atoms with Crippen LogP contribution in [0.4, 0.5) is 0 Å². The lowest BCUT2D eigenvalue weighted by atomic mass is 9.84. The Morgan fingerprint density at radius 2 is 1.91 bits per heavy atom. The molecule has 4 nitrogen and oxygen atoms in total. The Balaban J connectivity index is 0.00000176. The number of nitrogens with zero attached hydrogens (tertiary/aromatic N) is 2. The van der Waals surface area contributed by atoms with Crippen molar-refractivity contribution in [2.75, 3.05) is 39.8 Å². The van der Waals surface area contributed by atoms with E-state index in [0.29, 0.717) is 5.91 Å². The van der Waals surface area contributed by atoms with Gasteiger partial charge in [-0.05, 0) is 77.0 Å². The zero-order chi connectivity index (χ0) is 14.7. The van der Waals surface area contributed by atoms with E-state index in [1.54, 1.807) is 0 Å². The number of piperidine rings is 3. The van der Waals surface area contributed by atoms with E-state index in [9.17, 15) is 4.79 Å². The molecule has 22 heavy (non-hydrogen) atoms. The Morgan fingerprint density at radius 3 is 2.68 bits per heavy atom. The summed E-state index contributed by atoms with van der Waals surface area (Å²) in [5.41, 5.74) is 0. The highest BCUT2D eigenvalue weighted by Gasteiger charge is 2.35. The zero-order valence-electron chi connectivity index (χ0n) is 13.9. The smallest absolute Gasteiger partial charge is 0.222 e. The minimum atomic E-state index is 0. The second kappa shape index (κ2) is 8.51. The highest BCUT2D eigenvalue weighted by Crippen LogP contribution is 2.30. The summed E-state index contributed by atoms with van der Waals surface area (Å²) in [7, 11) is 2.26. The van der Waals surface area contributed by atoms with Gasteiger partial charge < -0.3 is 15.1 Å². The number of halogens is 1. The first-order valence-electron chi connectivity index (χ1n) is 8.93. The topological polar surface area (TPSA) is 35.6 Å². The lowest BCUT2D eigenvalue weighted by molar-refractivity contribution is -0.135. The Bertz CT molecular complexity index is 360. The number of amides is 1. The van der Waals surface area contributed by atoms with Crippen molar-refractivity contribution < 1.29 is 4.79 Å². The van der Waals surface area contributed by atoms with Crippen molar-refractivity contribution in [1.82, 2.24) is 15.1 Å². The summed E-state index contributed by atoms with van der Waals surface area (Å²) in [6.45, 7) is 5.51. The van der Waals surface area contributed by atoms with E-state index < -0.39 is 0 Å². The van der Waals surface area contributed by atoms with Crippen LogP contribution >= 0.6 is 12.4 Å². The number of likely N-dealkylation sites (tertiary alicyclic amines) is 2. The first-order chi connectivity index (χ1) is 10.2. The van der Waals surface area contributed by atoms with Gasteiger partial charge in [0.2, 0.25) is 5.91 Å². The molecule has 2 unspecified atom stereocenters. The van der Waals surface area contributed by atoms with Gasteiger partial charge in [0.25, 0.3) is 0 Å². The molecule has 0 aliphatic carbocycles. The first-order valence-corrected chi connectivity index (χ1v) is 8.93. The highest BCUT2D eigenvalue weighted by atomic mass is 35.5. The molecule has 0 radical (unpaired) electrons. The van der Waals surface area contributed by atoms with Crippen LogP contribution in [0.15, 0.2) is 0 Å². The van der Waals surface area contributed by atoms with Crippen LogP contribution in [-0.2, 0) is 4.79 Å². The normalized spacial score (nSPS) is 30.5. The molecule has 3 heterocycles. The Kier molecular flexibility index (Phi) is 6.97. The molecule has 1 amide bonds. The van der Waals surface area contributed by atoms with Crippen LogP contribution in [0.1, 0.15) is 44.9 Å². The standard InChI is InChI=1S/C17H31N3O.ClH/c1-19-11-2-3-15-13-20(12-8-16(15)19)17(21)5-4-14-6-9-18-10-7-14;/h14-16,18H,2-13H2,1H3;1H. The number of carbonyl (C=O) groups is 1. The fraction of sp³-hybridized carbons (Fsp3) is 0.941. The van der Waals surface area contributed by atoms with Crippen LogP contribution in [0.25, 0.3) is 0 Å². The van der Waals surface area contributed by atoms with Crippen molar-refractivity contribution in [2.45, 2.75) is 51.0 Å². The van der Waals surface area contributed by atoms with E-state index in [4.69, 9.17) is 0 Å². The zero-order valence-corrected chi connectivity index (χ0v) is 14.7. The number of hydrogen-bond acceptors (Lipinski definition) is 3. The van der Waals surface area contributed by atoms with E-state index >= 15 is 0 Å². The van der Waals surface area contributed by atoms with Gasteiger partial charge >= 0.3 is 0 Å². The van der Waals surface area contributed by atoms with Gasteiger partial charge in [-0.15, -0.1) is 12.4 Å². The summed E-state index contributed by atoms with van der Waals surface area (Å²) in [6, 6.07) is 0.729. The maximum Gasteiger partial charge on any atom is 0.222 e. The molecule has 0 spiro atoms. The molecule has 2 atom stereocenters. The van der Waals surface area contributed by atoms with Crippen LogP contribution in [0, 0.1) is 11.8 Å². The summed E-state index contributed by atoms with van der Waals surface area (Å²) < 4.78 is 0. The van der Waals surface area contributed by atoms with Gasteiger partial charge in [-0.25, -0.2) is 0 Å². The fourth-order valence-electron chi connectivity index (χ4n) is 4.54. The van der Waals surface area contributed by atoms with Gasteiger partial charge in [0.15, 0.2) is 0 Å². The van der Waals surface area contributed by atoms with Gasteiger partial charge in [0.1, 0.15) is 0 Å².